The zero-order valence-electron chi connectivity index (χ0n) is 22.2. The van der Waals surface area contributed by atoms with Crippen molar-refractivity contribution in [2.45, 2.75) is 38.6 Å². The van der Waals surface area contributed by atoms with E-state index in [-0.39, 0.29) is 29.6 Å². The molecule has 5 aromatic rings. The van der Waals surface area contributed by atoms with Crippen molar-refractivity contribution in [2.24, 2.45) is 0 Å². The van der Waals surface area contributed by atoms with Gasteiger partial charge in [0.05, 0.1) is 36.0 Å². The number of piperidine rings is 1. The van der Waals surface area contributed by atoms with E-state index < -0.39 is 5.95 Å². The van der Waals surface area contributed by atoms with Crippen molar-refractivity contribution in [3.05, 3.63) is 90.3 Å². The van der Waals surface area contributed by atoms with Gasteiger partial charge >= 0.3 is 0 Å². The number of Topliss-reactive ketones (excluding diaryl/α,β-unsaturated/α-hetero) is 1. The second-order valence-electron chi connectivity index (χ2n) is 10.1. The van der Waals surface area contributed by atoms with Gasteiger partial charge in [-0.15, -0.1) is 0 Å². The number of carbonyl (C=O) groups excluding carboxylic acids is 1. The third-order valence-corrected chi connectivity index (χ3v) is 7.40. The first kappa shape index (κ1) is 25.9. The molecule has 0 unspecified atom stereocenters. The van der Waals surface area contributed by atoms with Crippen LogP contribution in [0, 0.1) is 11.8 Å². The summed E-state index contributed by atoms with van der Waals surface area (Å²) in [5.74, 6) is -1.25. The van der Waals surface area contributed by atoms with Crippen molar-refractivity contribution in [3.8, 4) is 22.6 Å². The highest BCUT2D eigenvalue weighted by molar-refractivity contribution is 5.97. The summed E-state index contributed by atoms with van der Waals surface area (Å²) >= 11 is 0. The number of imidazole rings is 2. The van der Waals surface area contributed by atoms with Crippen LogP contribution in [0.3, 0.4) is 0 Å². The first-order valence-electron chi connectivity index (χ1n) is 13.5. The molecule has 0 bridgehead atoms. The Labute approximate surface area is 230 Å². The molecule has 0 saturated carbocycles. The Balaban J connectivity index is 1.35. The summed E-state index contributed by atoms with van der Waals surface area (Å²) in [6.45, 7) is 5.35. The molecule has 40 heavy (non-hydrogen) atoms. The highest BCUT2D eigenvalue weighted by atomic mass is 19.1. The Morgan fingerprint density at radius 2 is 1.82 bits per heavy atom. The van der Waals surface area contributed by atoms with Gasteiger partial charge in [-0.2, -0.15) is 9.49 Å². The number of halogens is 2. The Hall–Kier alpha value is -4.31. The van der Waals surface area contributed by atoms with Crippen LogP contribution in [-0.4, -0.2) is 59.5 Å². The minimum atomic E-state index is -0.697. The van der Waals surface area contributed by atoms with E-state index in [1.807, 2.05) is 18.5 Å². The molecule has 4 aromatic heterocycles. The third-order valence-electron chi connectivity index (χ3n) is 7.40. The molecule has 0 atom stereocenters. The predicted molar refractivity (Wildman–Crippen MR) is 147 cm³/mol. The lowest BCUT2D eigenvalue weighted by molar-refractivity contribution is 0.0991. The van der Waals surface area contributed by atoms with Crippen LogP contribution in [0.1, 0.15) is 48.3 Å². The number of aromatic nitrogens is 6. The van der Waals surface area contributed by atoms with Crippen LogP contribution in [-0.2, 0) is 6.42 Å². The maximum atomic E-state index is 13.7. The number of fused-ring (bicyclic) bond motifs is 1. The smallest absolute Gasteiger partial charge is 0.213 e. The maximum absolute atomic E-state index is 13.7. The Kier molecular flexibility index (Phi) is 7.17. The lowest BCUT2D eigenvalue weighted by Crippen LogP contribution is -2.35. The molecule has 1 saturated heterocycles. The summed E-state index contributed by atoms with van der Waals surface area (Å²) in [4.78, 5) is 28.0. The van der Waals surface area contributed by atoms with Gasteiger partial charge in [0.1, 0.15) is 11.5 Å². The number of ketones is 1. The molecule has 0 N–H and O–H groups in total. The van der Waals surface area contributed by atoms with Gasteiger partial charge in [0.15, 0.2) is 11.4 Å². The average molecular weight is 542 g/mol. The van der Waals surface area contributed by atoms with Gasteiger partial charge in [0.2, 0.25) is 5.95 Å². The van der Waals surface area contributed by atoms with Gasteiger partial charge in [0.25, 0.3) is 0 Å². The van der Waals surface area contributed by atoms with Crippen molar-refractivity contribution in [3.63, 3.8) is 0 Å². The van der Waals surface area contributed by atoms with E-state index in [1.54, 1.807) is 22.8 Å². The highest BCUT2D eigenvalue weighted by Gasteiger charge is 2.26. The molecule has 1 aliphatic heterocycles. The minimum Gasteiger partial charge on any atom is -0.326 e. The molecule has 0 radical (unpaired) electrons. The fourth-order valence-electron chi connectivity index (χ4n) is 5.43. The van der Waals surface area contributed by atoms with Gasteiger partial charge in [-0.1, -0.05) is 6.92 Å². The van der Waals surface area contributed by atoms with Gasteiger partial charge in [-0.25, -0.2) is 23.9 Å². The van der Waals surface area contributed by atoms with Crippen molar-refractivity contribution in [1.29, 1.82) is 0 Å². The normalized spacial score (nSPS) is 14.7. The van der Waals surface area contributed by atoms with Crippen LogP contribution < -0.4 is 0 Å². The molecule has 10 heteroatoms. The number of pyridine rings is 1. The van der Waals surface area contributed by atoms with E-state index >= 15 is 0 Å². The lowest BCUT2D eigenvalue weighted by atomic mass is 10.0. The molecule has 1 aromatic carbocycles. The number of rotatable bonds is 8. The number of hydrogen-bond donors (Lipinski definition) is 0. The van der Waals surface area contributed by atoms with E-state index in [0.717, 1.165) is 61.9 Å². The Bertz CT molecular complexity index is 1650. The largest absolute Gasteiger partial charge is 0.326 e. The van der Waals surface area contributed by atoms with Crippen LogP contribution in [0.25, 0.3) is 28.3 Å². The van der Waals surface area contributed by atoms with Gasteiger partial charge in [-0.3, -0.25) is 4.79 Å². The molecule has 0 aliphatic carbocycles. The molecule has 0 amide bonds. The molecule has 8 nitrogen and oxygen atoms in total. The van der Waals surface area contributed by atoms with Gasteiger partial charge in [-0.05, 0) is 68.3 Å². The van der Waals surface area contributed by atoms with Crippen LogP contribution in [0.2, 0.25) is 0 Å². The molecular formula is C30H29F2N7O. The number of nitrogens with zero attached hydrogens (tertiary/aromatic N) is 7. The van der Waals surface area contributed by atoms with Crippen molar-refractivity contribution in [2.75, 3.05) is 19.6 Å². The number of carbonyl (C=O) groups is 1. The van der Waals surface area contributed by atoms with Crippen LogP contribution >= 0.6 is 0 Å². The second-order valence-corrected chi connectivity index (χ2v) is 10.1. The summed E-state index contributed by atoms with van der Waals surface area (Å²) < 4.78 is 31.1. The Morgan fingerprint density at radius 3 is 2.58 bits per heavy atom. The SMILES string of the molecule is CCCN1CCC(n2cnc(-c3ccc(F)cc3)c2-c2ccc3nc(CC(=O)c4ccnc(F)c4)cn3n2)CC1. The van der Waals surface area contributed by atoms with E-state index in [9.17, 15) is 13.6 Å². The molecular weight excluding hydrogens is 512 g/mol. The monoisotopic (exact) mass is 541 g/mol. The van der Waals surface area contributed by atoms with E-state index in [4.69, 9.17) is 10.1 Å². The minimum absolute atomic E-state index is 0.0112. The highest BCUT2D eigenvalue weighted by Crippen LogP contribution is 2.35. The van der Waals surface area contributed by atoms with E-state index in [2.05, 4.69) is 26.4 Å². The quantitative estimate of drug-likeness (QED) is 0.193. The summed E-state index contributed by atoms with van der Waals surface area (Å²) in [6.07, 6.45) is 8.01. The molecule has 6 rings (SSSR count). The molecule has 1 aliphatic rings. The summed E-state index contributed by atoms with van der Waals surface area (Å²) in [6, 6.07) is 13.0. The first-order chi connectivity index (χ1) is 19.5. The van der Waals surface area contributed by atoms with Crippen LogP contribution in [0.4, 0.5) is 8.78 Å². The zero-order valence-corrected chi connectivity index (χ0v) is 22.2. The number of hydrogen-bond acceptors (Lipinski definition) is 6. The second kappa shape index (κ2) is 11.1. The summed E-state index contributed by atoms with van der Waals surface area (Å²) in [5.41, 5.74) is 4.47. The topological polar surface area (TPSA) is 81.2 Å². The number of benzene rings is 1. The van der Waals surface area contributed by atoms with Crippen LogP contribution in [0.15, 0.2) is 67.3 Å². The lowest BCUT2D eigenvalue weighted by Gasteiger charge is -2.33. The molecule has 0 spiro atoms. The van der Waals surface area contributed by atoms with Gasteiger partial charge < -0.3 is 9.47 Å². The zero-order chi connectivity index (χ0) is 27.6. The average Bonchev–Trinajstić information content (AvgIpc) is 3.58. The van der Waals surface area contributed by atoms with E-state index in [0.29, 0.717) is 17.0 Å². The summed E-state index contributed by atoms with van der Waals surface area (Å²) in [7, 11) is 0. The molecule has 5 heterocycles. The summed E-state index contributed by atoms with van der Waals surface area (Å²) in [5, 5.41) is 4.86. The maximum Gasteiger partial charge on any atom is 0.213 e. The fourth-order valence-corrected chi connectivity index (χ4v) is 5.43. The van der Waals surface area contributed by atoms with Crippen molar-refractivity contribution < 1.29 is 13.6 Å². The van der Waals surface area contributed by atoms with Crippen molar-refractivity contribution >= 4 is 11.4 Å². The van der Waals surface area contributed by atoms with Crippen LogP contribution in [0.5, 0.6) is 0 Å². The van der Waals surface area contributed by atoms with Gasteiger partial charge in [0, 0.05) is 42.5 Å². The third kappa shape index (κ3) is 5.27. The predicted octanol–water partition coefficient (Wildman–Crippen LogP) is 5.41. The molecule has 1 fully saturated rings. The van der Waals surface area contributed by atoms with Crippen molar-refractivity contribution in [1.82, 2.24) is 34.0 Å². The molecule has 204 valence electrons. The number of likely N-dealkylation sites (tertiary alicyclic amines) is 1. The standard InChI is InChI=1S/C30H29F2N7O/c1-2-13-37-14-10-24(11-15-37)38-19-34-29(20-3-5-22(31)6-4-20)30(38)25-7-8-28-35-23(18-39(28)36-25)17-26(40)21-9-12-33-27(32)16-21/h3-9,12,16,18-19,24H,2,10-11,13-15,17H2,1H3. The first-order valence-corrected chi connectivity index (χ1v) is 13.5. The van der Waals surface area contributed by atoms with E-state index in [1.165, 1.54) is 24.4 Å². The Morgan fingerprint density at radius 1 is 1.02 bits per heavy atom. The fraction of sp³-hybridized carbons (Fsp3) is 0.300.